The zero-order valence-electron chi connectivity index (χ0n) is 14.0. The normalized spacial score (nSPS) is 14.6. The smallest absolute Gasteiger partial charge is 0.270 e. The molecule has 2 aromatic heterocycles. The number of alkyl halides is 2. The maximum atomic E-state index is 13.9. The summed E-state index contributed by atoms with van der Waals surface area (Å²) in [7, 11) is 0. The Balaban J connectivity index is 1.68. The molecule has 1 aromatic carbocycles. The van der Waals surface area contributed by atoms with E-state index in [1.165, 1.54) is 6.07 Å². The van der Waals surface area contributed by atoms with Crippen LogP contribution in [0.5, 0.6) is 0 Å². The summed E-state index contributed by atoms with van der Waals surface area (Å²) in [5, 5.41) is 5.30. The van der Waals surface area contributed by atoms with Crippen LogP contribution in [0.4, 0.5) is 20.5 Å². The average molecular weight is 486 g/mol. The molecule has 1 saturated carbocycles. The molecule has 2 heterocycles. The monoisotopic (exact) mass is 486 g/mol. The van der Waals surface area contributed by atoms with Crippen LogP contribution in [0.3, 0.4) is 0 Å². The average Bonchev–Trinajstić information content (AvgIpc) is 3.27. The Morgan fingerprint density at radius 1 is 1.27 bits per heavy atom. The molecule has 136 valence electrons. The fraction of sp³-hybridized carbons (Fsp3) is 0.333. The van der Waals surface area contributed by atoms with Gasteiger partial charge in [-0.2, -0.15) is 4.98 Å². The van der Waals surface area contributed by atoms with Crippen molar-refractivity contribution in [2.45, 2.75) is 38.3 Å². The van der Waals surface area contributed by atoms with Crippen LogP contribution in [0.2, 0.25) is 0 Å². The lowest BCUT2D eigenvalue weighted by Gasteiger charge is -2.21. The Bertz CT molecular complexity index is 936. The largest absolute Gasteiger partial charge is 0.351 e. The molecule has 3 aromatic rings. The topological polar surface area (TPSA) is 41.1 Å². The predicted octanol–water partition coefficient (Wildman–Crippen LogP) is 5.73. The van der Waals surface area contributed by atoms with Gasteiger partial charge in [0.2, 0.25) is 5.95 Å². The summed E-state index contributed by atoms with van der Waals surface area (Å²) >= 11 is 3.70. The molecule has 4 rings (SSSR count). The first-order chi connectivity index (χ1) is 12.4. The fourth-order valence-electron chi connectivity index (χ4n) is 2.80. The number of rotatable bonds is 6. The fourth-order valence-corrected chi connectivity index (χ4v) is 4.51. The third kappa shape index (κ3) is 3.75. The second-order valence-electron chi connectivity index (χ2n) is 6.49. The molecule has 0 radical (unpaired) electrons. The van der Waals surface area contributed by atoms with Gasteiger partial charge in [-0.25, -0.2) is 13.8 Å². The second kappa shape index (κ2) is 6.88. The molecular weight excluding hydrogens is 469 g/mol. The van der Waals surface area contributed by atoms with Crippen molar-refractivity contribution in [3.05, 3.63) is 46.8 Å². The summed E-state index contributed by atoms with van der Waals surface area (Å²) in [5.74, 6) is -1.52. The van der Waals surface area contributed by atoms with Crippen LogP contribution in [-0.4, -0.2) is 16.0 Å². The lowest BCUT2D eigenvalue weighted by atomic mass is 10.0. The predicted molar refractivity (Wildman–Crippen MR) is 110 cm³/mol. The first-order valence-corrected chi connectivity index (χ1v) is 10.2. The Kier molecular flexibility index (Phi) is 4.72. The van der Waals surface area contributed by atoms with E-state index in [1.807, 2.05) is 14.6 Å². The number of nitrogens with one attached hydrogen (secondary N) is 1. The zero-order valence-corrected chi connectivity index (χ0v) is 17.0. The van der Waals surface area contributed by atoms with Crippen LogP contribution in [0, 0.1) is 0 Å². The molecule has 0 amide bonds. The number of benzene rings is 1. The molecule has 0 spiro atoms. The maximum Gasteiger partial charge on any atom is 0.270 e. The first-order valence-electron chi connectivity index (χ1n) is 8.33. The summed E-state index contributed by atoms with van der Waals surface area (Å²) in [4.78, 5) is 9.22. The van der Waals surface area contributed by atoms with Crippen molar-refractivity contribution in [2.75, 3.05) is 8.43 Å². The molecule has 1 fully saturated rings. The van der Waals surface area contributed by atoms with Crippen molar-refractivity contribution >= 4 is 56.2 Å². The van der Waals surface area contributed by atoms with Gasteiger partial charge in [-0.05, 0) is 29.9 Å². The molecule has 8 heteroatoms. The van der Waals surface area contributed by atoms with Crippen LogP contribution in [-0.2, 0) is 12.5 Å². The molecule has 26 heavy (non-hydrogen) atoms. The van der Waals surface area contributed by atoms with E-state index in [1.54, 1.807) is 29.5 Å². The van der Waals surface area contributed by atoms with Gasteiger partial charge in [0.05, 0.1) is 39.6 Å². The van der Waals surface area contributed by atoms with Gasteiger partial charge in [0.1, 0.15) is 0 Å². The highest BCUT2D eigenvalue weighted by molar-refractivity contribution is 14.1. The van der Waals surface area contributed by atoms with Crippen LogP contribution in [0.15, 0.2) is 35.7 Å². The molecule has 0 atom stereocenters. The second-order valence-corrected chi connectivity index (χ2v) is 8.57. The van der Waals surface area contributed by atoms with Gasteiger partial charge in [-0.3, -0.25) is 3.11 Å². The molecule has 0 unspecified atom stereocenters. The number of nitrogens with zero attached hydrogens (tertiary/aromatic N) is 3. The molecule has 0 saturated heterocycles. The summed E-state index contributed by atoms with van der Waals surface area (Å²) in [6, 6.07) is 9.07. The number of anilines is 2. The Labute approximate surface area is 168 Å². The third-order valence-electron chi connectivity index (χ3n) is 4.23. The molecular formula is C18H17F2IN4S. The maximum absolute atomic E-state index is 13.9. The summed E-state index contributed by atoms with van der Waals surface area (Å²) < 4.78 is 30.7. The van der Waals surface area contributed by atoms with Crippen molar-refractivity contribution in [1.82, 2.24) is 9.97 Å². The minimum atomic E-state index is -2.88. The van der Waals surface area contributed by atoms with E-state index in [9.17, 15) is 8.78 Å². The Morgan fingerprint density at radius 3 is 2.77 bits per heavy atom. The number of thiophene rings is 1. The molecule has 0 bridgehead atoms. The van der Waals surface area contributed by atoms with E-state index in [4.69, 9.17) is 0 Å². The number of aromatic nitrogens is 2. The summed E-state index contributed by atoms with van der Waals surface area (Å²) in [6.07, 6.45) is 2.26. The van der Waals surface area contributed by atoms with Gasteiger partial charge in [0.25, 0.3) is 5.92 Å². The Hall–Kier alpha value is -1.55. The minimum absolute atomic E-state index is 0.0504. The van der Waals surface area contributed by atoms with Crippen LogP contribution < -0.4 is 8.43 Å². The standard InChI is InChI=1S/C18H17F2IN4S/c1-18(19,20)13-5-3-2-4-11(13)10-25(21)16-15-14(8-9-26-15)23-17(24-16)22-12-6-7-12/h2-5,8-9,12H,6-7,10H2,1H3,(H,22,23,24). The highest BCUT2D eigenvalue weighted by atomic mass is 127. The van der Waals surface area contributed by atoms with Crippen LogP contribution in [0.25, 0.3) is 10.2 Å². The summed E-state index contributed by atoms with van der Waals surface area (Å²) in [6.45, 7) is 1.27. The SMILES string of the molecule is CC(F)(F)c1ccccc1CN(I)c1nc(NC2CC2)nc2ccsc12. The van der Waals surface area contributed by atoms with E-state index in [0.29, 0.717) is 24.1 Å². The van der Waals surface area contributed by atoms with E-state index in [2.05, 4.69) is 38.1 Å². The van der Waals surface area contributed by atoms with Crippen molar-refractivity contribution < 1.29 is 8.78 Å². The van der Waals surface area contributed by atoms with Gasteiger partial charge in [-0.15, -0.1) is 11.3 Å². The quantitative estimate of drug-likeness (QED) is 0.357. The highest BCUT2D eigenvalue weighted by Crippen LogP contribution is 2.36. The highest BCUT2D eigenvalue weighted by Gasteiger charge is 2.28. The van der Waals surface area contributed by atoms with E-state index in [-0.39, 0.29) is 5.56 Å². The number of hydrogen-bond acceptors (Lipinski definition) is 5. The molecule has 1 N–H and O–H groups in total. The van der Waals surface area contributed by atoms with Gasteiger partial charge >= 0.3 is 0 Å². The number of fused-ring (bicyclic) bond motifs is 1. The molecule has 1 aliphatic rings. The van der Waals surface area contributed by atoms with Gasteiger partial charge < -0.3 is 5.32 Å². The van der Waals surface area contributed by atoms with Gasteiger partial charge in [0.15, 0.2) is 5.82 Å². The van der Waals surface area contributed by atoms with Crippen molar-refractivity contribution in [2.24, 2.45) is 0 Å². The van der Waals surface area contributed by atoms with Gasteiger partial charge in [-0.1, -0.05) is 24.3 Å². The van der Waals surface area contributed by atoms with Crippen molar-refractivity contribution in [1.29, 1.82) is 0 Å². The van der Waals surface area contributed by atoms with Crippen LogP contribution in [0.1, 0.15) is 30.9 Å². The Morgan fingerprint density at radius 2 is 2.04 bits per heavy atom. The molecule has 4 nitrogen and oxygen atoms in total. The zero-order chi connectivity index (χ0) is 18.3. The van der Waals surface area contributed by atoms with Crippen molar-refractivity contribution in [3.8, 4) is 0 Å². The van der Waals surface area contributed by atoms with E-state index >= 15 is 0 Å². The summed E-state index contributed by atoms with van der Waals surface area (Å²) in [5.41, 5.74) is 1.52. The first kappa shape index (κ1) is 17.8. The van der Waals surface area contributed by atoms with E-state index in [0.717, 1.165) is 35.8 Å². The van der Waals surface area contributed by atoms with Gasteiger partial charge in [0, 0.05) is 18.5 Å². The molecule has 0 aliphatic heterocycles. The lowest BCUT2D eigenvalue weighted by Crippen LogP contribution is -2.17. The molecule has 1 aliphatic carbocycles. The number of halogens is 3. The third-order valence-corrected chi connectivity index (χ3v) is 5.92. The van der Waals surface area contributed by atoms with Crippen LogP contribution >= 0.6 is 34.2 Å². The lowest BCUT2D eigenvalue weighted by molar-refractivity contribution is 0.0166. The number of hydrogen-bond donors (Lipinski definition) is 1. The minimum Gasteiger partial charge on any atom is -0.351 e. The van der Waals surface area contributed by atoms with E-state index < -0.39 is 5.92 Å². The van der Waals surface area contributed by atoms with Crippen molar-refractivity contribution in [3.63, 3.8) is 0 Å².